The van der Waals surface area contributed by atoms with Gasteiger partial charge < -0.3 is 5.11 Å². The van der Waals surface area contributed by atoms with E-state index in [1.165, 1.54) is 25.7 Å². The lowest BCUT2D eigenvalue weighted by atomic mass is 9.82. The summed E-state index contributed by atoms with van der Waals surface area (Å²) in [6.07, 6.45) is 5.38. The molecule has 0 radical (unpaired) electrons. The highest BCUT2D eigenvalue weighted by Gasteiger charge is 2.34. The third kappa shape index (κ3) is 2.40. The van der Waals surface area contributed by atoms with Crippen molar-refractivity contribution in [2.45, 2.75) is 25.7 Å². The third-order valence-corrected chi connectivity index (χ3v) is 3.77. The van der Waals surface area contributed by atoms with Gasteiger partial charge in [-0.05, 0) is 24.7 Å². The van der Waals surface area contributed by atoms with E-state index in [4.69, 9.17) is 5.11 Å². The molecule has 0 aromatic heterocycles. The summed E-state index contributed by atoms with van der Waals surface area (Å²) in [4.78, 5) is 12.9. The molecule has 84 valence electrons. The van der Waals surface area contributed by atoms with Gasteiger partial charge in [0.25, 0.3) is 0 Å². The van der Waals surface area contributed by atoms with E-state index in [0.29, 0.717) is 12.1 Å². The first-order valence-corrected chi connectivity index (χ1v) is 5.80. The summed E-state index contributed by atoms with van der Waals surface area (Å²) in [7, 11) is 0. The molecule has 0 bridgehead atoms. The Labute approximate surface area is 90.8 Å². The first-order chi connectivity index (χ1) is 7.16. The number of hydrogen-bond donors (Lipinski definition) is 1. The molecule has 1 saturated carbocycles. The molecule has 0 aromatic carbocycles. The molecule has 1 saturated heterocycles. The summed E-state index contributed by atoms with van der Waals surface area (Å²) in [5.74, 6) is 0.783. The molecule has 0 aromatic rings. The molecule has 3 heteroatoms. The van der Waals surface area contributed by atoms with E-state index in [1.807, 2.05) is 0 Å². The molecule has 0 spiro atoms. The highest BCUT2D eigenvalue weighted by atomic mass is 16.4. The number of aliphatic carboxylic acids is 1. The predicted molar refractivity (Wildman–Crippen MR) is 58.7 cm³/mol. The minimum atomic E-state index is -0.857. The van der Waals surface area contributed by atoms with Crippen LogP contribution in [0, 0.1) is 11.8 Å². The van der Waals surface area contributed by atoms with Crippen LogP contribution < -0.4 is 0 Å². The van der Waals surface area contributed by atoms with Gasteiger partial charge in [-0.15, -0.1) is 0 Å². The zero-order valence-corrected chi connectivity index (χ0v) is 9.11. The second kappa shape index (κ2) is 4.35. The number of carboxylic acids is 1. The van der Waals surface area contributed by atoms with Gasteiger partial charge in [0, 0.05) is 25.2 Å². The quantitative estimate of drug-likeness (QED) is 0.720. The fourth-order valence-electron chi connectivity index (χ4n) is 2.97. The number of fused-ring (bicyclic) bond motifs is 1. The lowest BCUT2D eigenvalue weighted by molar-refractivity contribution is -0.132. The Morgan fingerprint density at radius 3 is 2.27 bits per heavy atom. The molecule has 3 nitrogen and oxygen atoms in total. The molecular formula is C12H19NO2. The van der Waals surface area contributed by atoms with Crippen molar-refractivity contribution < 1.29 is 9.90 Å². The molecule has 2 fully saturated rings. The third-order valence-electron chi connectivity index (χ3n) is 3.77. The number of carbonyl (C=O) groups is 1. The van der Waals surface area contributed by atoms with Crippen LogP contribution in [0.25, 0.3) is 0 Å². The maximum atomic E-state index is 10.7. The molecular weight excluding hydrogens is 190 g/mol. The van der Waals surface area contributed by atoms with Crippen molar-refractivity contribution in [3.8, 4) is 0 Å². The Balaban J connectivity index is 1.86. The molecule has 2 atom stereocenters. The molecule has 15 heavy (non-hydrogen) atoms. The number of nitrogens with zero attached hydrogens (tertiary/aromatic N) is 1. The van der Waals surface area contributed by atoms with Gasteiger partial charge >= 0.3 is 5.97 Å². The average Bonchev–Trinajstić information content (AvgIpc) is 2.59. The molecule has 1 aliphatic carbocycles. The Hall–Kier alpha value is -0.830. The standard InChI is InChI=1S/C12H19NO2/c1-9(12(14)15)6-13-7-10-4-2-3-5-11(10)8-13/h10-11H,1-8H2,(H,14,15). The first kappa shape index (κ1) is 10.7. The van der Waals surface area contributed by atoms with E-state index < -0.39 is 5.97 Å². The van der Waals surface area contributed by atoms with Crippen LogP contribution in [0.2, 0.25) is 0 Å². The van der Waals surface area contributed by atoms with Gasteiger partial charge in [0.1, 0.15) is 0 Å². The van der Waals surface area contributed by atoms with Crippen molar-refractivity contribution >= 4 is 5.97 Å². The number of likely N-dealkylation sites (tertiary alicyclic amines) is 1. The van der Waals surface area contributed by atoms with Crippen LogP contribution in [0.3, 0.4) is 0 Å². The van der Waals surface area contributed by atoms with Crippen molar-refractivity contribution in [3.05, 3.63) is 12.2 Å². The van der Waals surface area contributed by atoms with Crippen molar-refractivity contribution in [1.29, 1.82) is 0 Å². The van der Waals surface area contributed by atoms with Crippen LogP contribution in [0.5, 0.6) is 0 Å². The van der Waals surface area contributed by atoms with Crippen LogP contribution in [-0.4, -0.2) is 35.6 Å². The van der Waals surface area contributed by atoms with Crippen molar-refractivity contribution in [2.24, 2.45) is 11.8 Å². The summed E-state index contributed by atoms with van der Waals surface area (Å²) in [6, 6.07) is 0. The topological polar surface area (TPSA) is 40.5 Å². The molecule has 0 amide bonds. The number of rotatable bonds is 3. The van der Waals surface area contributed by atoms with Gasteiger partial charge in [-0.3, -0.25) is 4.90 Å². The fourth-order valence-corrected chi connectivity index (χ4v) is 2.97. The van der Waals surface area contributed by atoms with E-state index in [9.17, 15) is 4.79 Å². The normalized spacial score (nSPS) is 31.2. The van der Waals surface area contributed by atoms with Crippen LogP contribution in [-0.2, 0) is 4.79 Å². The van der Waals surface area contributed by atoms with Gasteiger partial charge in [-0.25, -0.2) is 4.79 Å². The zero-order valence-electron chi connectivity index (χ0n) is 9.11. The van der Waals surface area contributed by atoms with Gasteiger partial charge in [0.05, 0.1) is 0 Å². The molecule has 1 heterocycles. The molecule has 2 unspecified atom stereocenters. The van der Waals surface area contributed by atoms with Gasteiger partial charge in [0.2, 0.25) is 0 Å². The van der Waals surface area contributed by atoms with Crippen molar-refractivity contribution in [1.82, 2.24) is 4.90 Å². The first-order valence-electron chi connectivity index (χ1n) is 5.80. The summed E-state index contributed by atoms with van der Waals surface area (Å²) in [5, 5.41) is 8.77. The van der Waals surface area contributed by atoms with Crippen LogP contribution in [0.1, 0.15) is 25.7 Å². The van der Waals surface area contributed by atoms with E-state index in [0.717, 1.165) is 24.9 Å². The highest BCUT2D eigenvalue weighted by molar-refractivity contribution is 5.86. The summed E-state index contributed by atoms with van der Waals surface area (Å²) in [6.45, 7) is 6.30. The Bertz CT molecular complexity index is 261. The number of hydrogen-bond acceptors (Lipinski definition) is 2. The van der Waals surface area contributed by atoms with Gasteiger partial charge in [0.15, 0.2) is 0 Å². The maximum Gasteiger partial charge on any atom is 0.332 e. The minimum absolute atomic E-state index is 0.327. The maximum absolute atomic E-state index is 10.7. The summed E-state index contributed by atoms with van der Waals surface area (Å²) < 4.78 is 0. The van der Waals surface area contributed by atoms with Gasteiger partial charge in [-0.2, -0.15) is 0 Å². The average molecular weight is 209 g/mol. The Kier molecular flexibility index (Phi) is 3.10. The van der Waals surface area contributed by atoms with Crippen molar-refractivity contribution in [3.63, 3.8) is 0 Å². The molecule has 2 rings (SSSR count). The minimum Gasteiger partial charge on any atom is -0.478 e. The SMILES string of the molecule is C=C(CN1CC2CCCCC2C1)C(=O)O. The lowest BCUT2D eigenvalue weighted by Gasteiger charge is -2.23. The second-order valence-corrected chi connectivity index (χ2v) is 4.91. The second-order valence-electron chi connectivity index (χ2n) is 4.91. The fraction of sp³-hybridized carbons (Fsp3) is 0.750. The Morgan fingerprint density at radius 1 is 1.27 bits per heavy atom. The van der Waals surface area contributed by atoms with Gasteiger partial charge in [-0.1, -0.05) is 19.4 Å². The van der Waals surface area contributed by atoms with Crippen LogP contribution in [0.15, 0.2) is 12.2 Å². The van der Waals surface area contributed by atoms with E-state index in [1.54, 1.807) is 0 Å². The Morgan fingerprint density at radius 2 is 1.80 bits per heavy atom. The van der Waals surface area contributed by atoms with E-state index in [2.05, 4.69) is 11.5 Å². The highest BCUT2D eigenvalue weighted by Crippen LogP contribution is 2.36. The van der Waals surface area contributed by atoms with Crippen LogP contribution >= 0.6 is 0 Å². The summed E-state index contributed by atoms with van der Waals surface area (Å²) >= 11 is 0. The zero-order chi connectivity index (χ0) is 10.8. The largest absolute Gasteiger partial charge is 0.478 e. The number of carboxylic acid groups (broad SMARTS) is 1. The van der Waals surface area contributed by atoms with Crippen LogP contribution in [0.4, 0.5) is 0 Å². The van der Waals surface area contributed by atoms with E-state index >= 15 is 0 Å². The monoisotopic (exact) mass is 209 g/mol. The van der Waals surface area contributed by atoms with Crippen molar-refractivity contribution in [2.75, 3.05) is 19.6 Å². The molecule has 2 aliphatic rings. The molecule has 1 aliphatic heterocycles. The molecule has 1 N–H and O–H groups in total. The predicted octanol–water partition coefficient (Wildman–Crippen LogP) is 1.75. The smallest absolute Gasteiger partial charge is 0.332 e. The van der Waals surface area contributed by atoms with E-state index in [-0.39, 0.29) is 0 Å². The lowest BCUT2D eigenvalue weighted by Crippen LogP contribution is -2.25. The summed E-state index contributed by atoms with van der Waals surface area (Å²) in [5.41, 5.74) is 0.327.